The summed E-state index contributed by atoms with van der Waals surface area (Å²) in [5, 5.41) is 1.40. The number of hydrogen-bond acceptors (Lipinski definition) is 3. The van der Waals surface area contributed by atoms with Gasteiger partial charge in [0.15, 0.2) is 0 Å². The Morgan fingerprint density at radius 2 is 2.06 bits per heavy atom. The van der Waals surface area contributed by atoms with E-state index < -0.39 is 0 Å². The number of anilines is 1. The van der Waals surface area contributed by atoms with E-state index in [0.29, 0.717) is 5.25 Å². The summed E-state index contributed by atoms with van der Waals surface area (Å²) in [7, 11) is 0. The van der Waals surface area contributed by atoms with Gasteiger partial charge in [-0.3, -0.25) is 0 Å². The monoisotopic (exact) mass is 230 g/mol. The molecule has 1 unspecified atom stereocenters. The molecule has 1 heterocycles. The van der Waals surface area contributed by atoms with Gasteiger partial charge in [0.1, 0.15) is 0 Å². The molecule has 0 saturated heterocycles. The van der Waals surface area contributed by atoms with Gasteiger partial charge >= 0.3 is 0 Å². The maximum atomic E-state index is 5.76. The summed E-state index contributed by atoms with van der Waals surface area (Å²) < 4.78 is 0. The van der Waals surface area contributed by atoms with Crippen LogP contribution in [0.5, 0.6) is 0 Å². The molecule has 0 radical (unpaired) electrons. The van der Waals surface area contributed by atoms with Crippen molar-refractivity contribution in [3.63, 3.8) is 0 Å². The number of thioether (sulfide) groups is 1. The van der Waals surface area contributed by atoms with Crippen LogP contribution in [0.4, 0.5) is 5.69 Å². The maximum Gasteiger partial charge on any atom is 0.0965 e. The van der Waals surface area contributed by atoms with E-state index in [2.05, 4.69) is 18.0 Å². The van der Waals surface area contributed by atoms with Gasteiger partial charge in [0.05, 0.1) is 5.03 Å². The number of benzene rings is 1. The van der Waals surface area contributed by atoms with Crippen molar-refractivity contribution in [1.29, 1.82) is 0 Å². The summed E-state index contributed by atoms with van der Waals surface area (Å²) in [6.45, 7) is 2.16. The first-order valence-electron chi connectivity index (χ1n) is 5.19. The Balaban J connectivity index is 2.12. The second-order valence-electron chi connectivity index (χ2n) is 3.60. The van der Waals surface area contributed by atoms with Crippen molar-refractivity contribution in [3.8, 4) is 0 Å². The van der Waals surface area contributed by atoms with Gasteiger partial charge < -0.3 is 5.73 Å². The van der Waals surface area contributed by atoms with Crippen molar-refractivity contribution in [1.82, 2.24) is 4.98 Å². The molecule has 1 atom stereocenters. The van der Waals surface area contributed by atoms with Crippen LogP contribution in [0, 0.1) is 0 Å². The van der Waals surface area contributed by atoms with Crippen LogP contribution in [0.25, 0.3) is 0 Å². The number of nitrogen functional groups attached to an aromatic ring is 1. The fraction of sp³-hybridized carbons (Fsp3) is 0.154. The molecule has 0 aliphatic heterocycles. The molecule has 2 nitrogen and oxygen atoms in total. The highest BCUT2D eigenvalue weighted by Crippen LogP contribution is 2.33. The van der Waals surface area contributed by atoms with Crippen LogP contribution in [0.1, 0.15) is 17.7 Å². The highest BCUT2D eigenvalue weighted by Gasteiger charge is 2.07. The smallest absolute Gasteiger partial charge is 0.0965 e. The van der Waals surface area contributed by atoms with E-state index in [1.54, 1.807) is 11.8 Å². The van der Waals surface area contributed by atoms with Crippen molar-refractivity contribution in [2.45, 2.75) is 17.2 Å². The van der Waals surface area contributed by atoms with Crippen LogP contribution in [0.2, 0.25) is 0 Å². The molecule has 0 fully saturated rings. The summed E-state index contributed by atoms with van der Waals surface area (Å²) in [4.78, 5) is 4.30. The third-order valence-electron chi connectivity index (χ3n) is 2.32. The second kappa shape index (κ2) is 5.03. The minimum absolute atomic E-state index is 0.360. The average Bonchev–Trinajstić information content (AvgIpc) is 2.30. The quantitative estimate of drug-likeness (QED) is 0.647. The Kier molecular flexibility index (Phi) is 3.47. The number of nitrogens with two attached hydrogens (primary N) is 1. The number of nitrogens with zero attached hydrogens (tertiary/aromatic N) is 1. The van der Waals surface area contributed by atoms with Crippen molar-refractivity contribution in [2.24, 2.45) is 0 Å². The van der Waals surface area contributed by atoms with Gasteiger partial charge in [0.2, 0.25) is 0 Å². The Hall–Kier alpha value is -1.48. The van der Waals surface area contributed by atoms with Gasteiger partial charge in [-0.1, -0.05) is 30.0 Å². The molecular formula is C13H14N2S. The molecule has 0 bridgehead atoms. The minimum atomic E-state index is 0.360. The van der Waals surface area contributed by atoms with E-state index in [0.717, 1.165) is 10.7 Å². The standard InChI is InChI=1S/C13H14N2S/c1-10(11-5-4-6-12(14)9-11)16-13-7-2-3-8-15-13/h2-10H,14H2,1H3. The molecule has 2 N–H and O–H groups in total. The van der Waals surface area contributed by atoms with Gasteiger partial charge in [0.25, 0.3) is 0 Å². The highest BCUT2D eigenvalue weighted by molar-refractivity contribution is 7.99. The van der Waals surface area contributed by atoms with Crippen molar-refractivity contribution < 1.29 is 0 Å². The number of hydrogen-bond donors (Lipinski definition) is 1. The molecule has 16 heavy (non-hydrogen) atoms. The zero-order valence-electron chi connectivity index (χ0n) is 9.13. The lowest BCUT2D eigenvalue weighted by molar-refractivity contribution is 1.06. The summed E-state index contributed by atoms with van der Waals surface area (Å²) in [5.41, 5.74) is 7.81. The van der Waals surface area contributed by atoms with Crippen LogP contribution in [0.15, 0.2) is 53.7 Å². The van der Waals surface area contributed by atoms with E-state index in [1.165, 1.54) is 5.56 Å². The van der Waals surface area contributed by atoms with Crippen molar-refractivity contribution >= 4 is 17.4 Å². The zero-order valence-corrected chi connectivity index (χ0v) is 9.95. The Bertz CT molecular complexity index is 456. The minimum Gasteiger partial charge on any atom is -0.399 e. The summed E-state index contributed by atoms with van der Waals surface area (Å²) in [5.74, 6) is 0. The van der Waals surface area contributed by atoms with E-state index in [9.17, 15) is 0 Å². The Morgan fingerprint density at radius 1 is 1.19 bits per heavy atom. The number of rotatable bonds is 3. The Morgan fingerprint density at radius 3 is 2.75 bits per heavy atom. The maximum absolute atomic E-state index is 5.76. The highest BCUT2D eigenvalue weighted by atomic mass is 32.2. The molecule has 1 aromatic carbocycles. The largest absolute Gasteiger partial charge is 0.399 e. The van der Waals surface area contributed by atoms with Gasteiger partial charge in [-0.2, -0.15) is 0 Å². The van der Waals surface area contributed by atoms with Crippen molar-refractivity contribution in [2.75, 3.05) is 5.73 Å². The van der Waals surface area contributed by atoms with Crippen LogP contribution in [-0.4, -0.2) is 4.98 Å². The first-order valence-corrected chi connectivity index (χ1v) is 6.07. The SMILES string of the molecule is CC(Sc1ccccn1)c1cccc(N)c1. The predicted molar refractivity (Wildman–Crippen MR) is 69.4 cm³/mol. The molecule has 0 spiro atoms. The summed E-state index contributed by atoms with van der Waals surface area (Å²) in [6, 6.07) is 13.9. The van der Waals surface area contributed by atoms with Crippen LogP contribution < -0.4 is 5.73 Å². The van der Waals surface area contributed by atoms with Gasteiger partial charge in [0, 0.05) is 17.1 Å². The fourth-order valence-corrected chi connectivity index (χ4v) is 2.40. The first-order chi connectivity index (χ1) is 7.75. The Labute approximate surface area is 99.9 Å². The second-order valence-corrected chi connectivity index (χ2v) is 4.96. The van der Waals surface area contributed by atoms with Gasteiger partial charge in [-0.05, 0) is 36.8 Å². The fourth-order valence-electron chi connectivity index (χ4n) is 1.48. The average molecular weight is 230 g/mol. The van der Waals surface area contributed by atoms with Crippen LogP contribution in [0.3, 0.4) is 0 Å². The van der Waals surface area contributed by atoms with Crippen molar-refractivity contribution in [3.05, 3.63) is 54.2 Å². The third-order valence-corrected chi connectivity index (χ3v) is 3.42. The summed E-state index contributed by atoms with van der Waals surface area (Å²) >= 11 is 1.74. The normalized spacial score (nSPS) is 12.3. The molecule has 0 amide bonds. The zero-order chi connectivity index (χ0) is 11.4. The van der Waals surface area contributed by atoms with E-state index >= 15 is 0 Å². The first kappa shape index (κ1) is 11.0. The molecule has 0 saturated carbocycles. The van der Waals surface area contributed by atoms with Gasteiger partial charge in [-0.15, -0.1) is 0 Å². The lowest BCUT2D eigenvalue weighted by Gasteiger charge is -2.11. The predicted octanol–water partition coefficient (Wildman–Crippen LogP) is 3.52. The lowest BCUT2D eigenvalue weighted by Crippen LogP contribution is -1.92. The number of pyridine rings is 1. The molecule has 2 aromatic rings. The van der Waals surface area contributed by atoms with E-state index in [4.69, 9.17) is 5.73 Å². The van der Waals surface area contributed by atoms with E-state index in [-0.39, 0.29) is 0 Å². The van der Waals surface area contributed by atoms with Crippen LogP contribution >= 0.6 is 11.8 Å². The van der Waals surface area contributed by atoms with Crippen LogP contribution in [-0.2, 0) is 0 Å². The number of aromatic nitrogens is 1. The molecule has 1 aromatic heterocycles. The van der Waals surface area contributed by atoms with Gasteiger partial charge in [-0.25, -0.2) is 4.98 Å². The van der Waals surface area contributed by atoms with E-state index in [1.807, 2.05) is 42.6 Å². The summed E-state index contributed by atoms with van der Waals surface area (Å²) in [6.07, 6.45) is 1.81. The lowest BCUT2D eigenvalue weighted by atomic mass is 10.1. The molecule has 2 rings (SSSR count). The molecule has 0 aliphatic rings. The molecule has 3 heteroatoms. The molecule has 82 valence electrons. The third kappa shape index (κ3) is 2.76. The topological polar surface area (TPSA) is 38.9 Å². The molecule has 0 aliphatic carbocycles. The molecular weight excluding hydrogens is 216 g/mol.